The van der Waals surface area contributed by atoms with Crippen LogP contribution in [0.15, 0.2) is 36.7 Å². The van der Waals surface area contributed by atoms with Crippen molar-refractivity contribution in [2.24, 2.45) is 12.8 Å². The third-order valence-electron chi connectivity index (χ3n) is 2.02. The lowest BCUT2D eigenvalue weighted by molar-refractivity contribution is 0.256. The third kappa shape index (κ3) is 1.85. The molecule has 0 saturated carbocycles. The molecule has 0 bridgehead atoms. The molecule has 1 heterocycles. The minimum atomic E-state index is -0.614. The van der Waals surface area contributed by atoms with Gasteiger partial charge in [-0.15, -0.1) is 5.10 Å². The zero-order valence-electron chi connectivity index (χ0n) is 8.74. The number of hydrogen-bond donors (Lipinski definition) is 1. The highest BCUT2D eigenvalue weighted by Gasteiger charge is 2.18. The van der Waals surface area contributed by atoms with Crippen molar-refractivity contribution in [2.75, 3.05) is 4.90 Å². The van der Waals surface area contributed by atoms with Gasteiger partial charge in [-0.1, -0.05) is 18.2 Å². The van der Waals surface area contributed by atoms with Gasteiger partial charge in [0.1, 0.15) is 6.33 Å². The van der Waals surface area contributed by atoms with Crippen molar-refractivity contribution < 1.29 is 4.79 Å². The van der Waals surface area contributed by atoms with Crippen molar-refractivity contribution in [3.8, 4) is 0 Å². The van der Waals surface area contributed by atoms with E-state index in [0.29, 0.717) is 5.69 Å². The molecule has 82 valence electrons. The van der Waals surface area contributed by atoms with Crippen LogP contribution in [0.5, 0.6) is 0 Å². The molecule has 0 aliphatic carbocycles. The average Bonchev–Trinajstić information content (AvgIpc) is 2.66. The van der Waals surface area contributed by atoms with Gasteiger partial charge in [-0.05, 0) is 12.1 Å². The van der Waals surface area contributed by atoms with E-state index >= 15 is 0 Å². The zero-order valence-corrected chi connectivity index (χ0v) is 8.74. The number of urea groups is 1. The number of amides is 2. The third-order valence-corrected chi connectivity index (χ3v) is 2.02. The molecule has 6 heteroatoms. The topological polar surface area (TPSA) is 77.0 Å². The number of benzene rings is 1. The number of nitrogens with zero attached hydrogens (tertiary/aromatic N) is 4. The van der Waals surface area contributed by atoms with Gasteiger partial charge in [0.05, 0.1) is 5.69 Å². The number of carbonyl (C=O) groups is 1. The lowest BCUT2D eigenvalue weighted by Gasteiger charge is -2.15. The van der Waals surface area contributed by atoms with Crippen LogP contribution in [-0.4, -0.2) is 20.8 Å². The molecular formula is C10H11N5O. The molecule has 0 spiro atoms. The molecule has 0 aliphatic heterocycles. The zero-order chi connectivity index (χ0) is 11.5. The second-order valence-corrected chi connectivity index (χ2v) is 3.23. The molecule has 1 aromatic carbocycles. The fourth-order valence-electron chi connectivity index (χ4n) is 1.35. The lowest BCUT2D eigenvalue weighted by Crippen LogP contribution is -2.32. The monoisotopic (exact) mass is 217 g/mol. The van der Waals surface area contributed by atoms with Crippen LogP contribution in [-0.2, 0) is 7.05 Å². The Bertz CT molecular complexity index is 493. The minimum Gasteiger partial charge on any atom is -0.351 e. The molecule has 0 unspecified atom stereocenters. The highest BCUT2D eigenvalue weighted by atomic mass is 16.2. The first-order chi connectivity index (χ1) is 7.68. The van der Waals surface area contributed by atoms with Crippen LogP contribution in [0.1, 0.15) is 0 Å². The smallest absolute Gasteiger partial charge is 0.326 e. The summed E-state index contributed by atoms with van der Waals surface area (Å²) in [6, 6.07) is 8.40. The quantitative estimate of drug-likeness (QED) is 0.816. The minimum absolute atomic E-state index is 0.265. The summed E-state index contributed by atoms with van der Waals surface area (Å²) in [5.41, 5.74) is 5.95. The molecule has 2 N–H and O–H groups in total. The SMILES string of the molecule is Cn1cnc(N(C(N)=O)c2ccccc2)n1. The number of para-hydroxylation sites is 1. The molecule has 2 aromatic rings. The Hall–Kier alpha value is -2.37. The van der Waals surface area contributed by atoms with Gasteiger partial charge in [-0.25, -0.2) is 9.69 Å². The first-order valence-electron chi connectivity index (χ1n) is 4.69. The molecule has 1 aromatic heterocycles. The summed E-state index contributed by atoms with van der Waals surface area (Å²) < 4.78 is 1.51. The van der Waals surface area contributed by atoms with Crippen LogP contribution in [0, 0.1) is 0 Å². The van der Waals surface area contributed by atoms with E-state index in [4.69, 9.17) is 5.73 Å². The van der Waals surface area contributed by atoms with Crippen molar-refractivity contribution in [1.82, 2.24) is 14.8 Å². The normalized spacial score (nSPS) is 10.1. The van der Waals surface area contributed by atoms with Crippen LogP contribution in [0.2, 0.25) is 0 Å². The highest BCUT2D eigenvalue weighted by Crippen LogP contribution is 2.20. The van der Waals surface area contributed by atoms with E-state index in [9.17, 15) is 4.79 Å². The molecule has 0 aliphatic rings. The number of hydrogen-bond acceptors (Lipinski definition) is 3. The number of rotatable bonds is 2. The van der Waals surface area contributed by atoms with Crippen molar-refractivity contribution in [3.63, 3.8) is 0 Å². The highest BCUT2D eigenvalue weighted by molar-refractivity contribution is 5.96. The summed E-state index contributed by atoms with van der Waals surface area (Å²) in [4.78, 5) is 16.6. The first kappa shape index (κ1) is 10.2. The summed E-state index contributed by atoms with van der Waals surface area (Å²) in [6.45, 7) is 0. The Labute approximate surface area is 92.3 Å². The first-order valence-corrected chi connectivity index (χ1v) is 4.69. The standard InChI is InChI=1S/C10H11N5O/c1-14-7-12-10(13-14)15(9(11)16)8-5-3-2-4-6-8/h2-7H,1H3,(H2,11,16). The van der Waals surface area contributed by atoms with E-state index in [1.807, 2.05) is 18.2 Å². The van der Waals surface area contributed by atoms with Crippen molar-refractivity contribution >= 4 is 17.7 Å². The predicted molar refractivity (Wildman–Crippen MR) is 59.2 cm³/mol. The maximum atomic E-state index is 11.4. The van der Waals surface area contributed by atoms with Gasteiger partial charge in [-0.3, -0.25) is 4.68 Å². The van der Waals surface area contributed by atoms with E-state index in [0.717, 1.165) is 0 Å². The number of carbonyl (C=O) groups excluding carboxylic acids is 1. The van der Waals surface area contributed by atoms with Gasteiger partial charge in [0.2, 0.25) is 0 Å². The van der Waals surface area contributed by atoms with Crippen molar-refractivity contribution in [2.45, 2.75) is 0 Å². The van der Waals surface area contributed by atoms with Gasteiger partial charge >= 0.3 is 6.03 Å². The molecule has 0 radical (unpaired) electrons. The van der Waals surface area contributed by atoms with E-state index in [1.165, 1.54) is 15.9 Å². The Morgan fingerprint density at radius 3 is 2.56 bits per heavy atom. The summed E-state index contributed by atoms with van der Waals surface area (Å²) in [7, 11) is 1.72. The Morgan fingerprint density at radius 2 is 2.06 bits per heavy atom. The Balaban J connectivity index is 2.43. The maximum absolute atomic E-state index is 11.4. The van der Waals surface area contributed by atoms with E-state index in [1.54, 1.807) is 19.2 Å². The average molecular weight is 217 g/mol. The second-order valence-electron chi connectivity index (χ2n) is 3.23. The number of aryl methyl sites for hydroxylation is 1. The number of primary amides is 1. The van der Waals surface area contributed by atoms with Gasteiger partial charge in [0.25, 0.3) is 5.95 Å². The molecule has 0 fully saturated rings. The fraction of sp³-hybridized carbons (Fsp3) is 0.100. The van der Waals surface area contributed by atoms with Gasteiger partial charge in [0, 0.05) is 7.05 Å². The number of aromatic nitrogens is 3. The fourth-order valence-corrected chi connectivity index (χ4v) is 1.35. The van der Waals surface area contributed by atoms with Crippen molar-refractivity contribution in [3.05, 3.63) is 36.7 Å². The summed E-state index contributed by atoms with van der Waals surface area (Å²) in [5, 5.41) is 4.04. The number of anilines is 2. The van der Waals surface area contributed by atoms with Crippen LogP contribution >= 0.6 is 0 Å². The van der Waals surface area contributed by atoms with Crippen LogP contribution < -0.4 is 10.6 Å². The summed E-state index contributed by atoms with van der Waals surface area (Å²) in [5.74, 6) is 0.265. The molecule has 2 rings (SSSR count). The molecule has 2 amide bonds. The Morgan fingerprint density at radius 1 is 1.38 bits per heavy atom. The predicted octanol–water partition coefficient (Wildman–Crippen LogP) is 1.03. The van der Waals surface area contributed by atoms with Gasteiger partial charge in [0.15, 0.2) is 0 Å². The van der Waals surface area contributed by atoms with Crippen LogP contribution in [0.3, 0.4) is 0 Å². The number of nitrogens with two attached hydrogens (primary N) is 1. The van der Waals surface area contributed by atoms with E-state index in [-0.39, 0.29) is 5.95 Å². The Kier molecular flexibility index (Phi) is 2.55. The molecule has 0 saturated heterocycles. The second kappa shape index (κ2) is 4.01. The van der Waals surface area contributed by atoms with E-state index in [2.05, 4.69) is 10.1 Å². The van der Waals surface area contributed by atoms with Gasteiger partial charge in [-0.2, -0.15) is 4.98 Å². The van der Waals surface area contributed by atoms with Crippen molar-refractivity contribution in [1.29, 1.82) is 0 Å². The summed E-state index contributed by atoms with van der Waals surface area (Å²) >= 11 is 0. The molecule has 16 heavy (non-hydrogen) atoms. The lowest BCUT2D eigenvalue weighted by atomic mass is 10.3. The van der Waals surface area contributed by atoms with Crippen LogP contribution in [0.4, 0.5) is 16.4 Å². The maximum Gasteiger partial charge on any atom is 0.326 e. The molecule has 6 nitrogen and oxygen atoms in total. The largest absolute Gasteiger partial charge is 0.351 e. The van der Waals surface area contributed by atoms with Crippen LogP contribution in [0.25, 0.3) is 0 Å². The van der Waals surface area contributed by atoms with Gasteiger partial charge < -0.3 is 5.73 Å². The summed E-state index contributed by atoms with van der Waals surface area (Å²) in [6.07, 6.45) is 1.51. The van der Waals surface area contributed by atoms with E-state index < -0.39 is 6.03 Å². The molecule has 0 atom stereocenters. The molecular weight excluding hydrogens is 206 g/mol.